The second-order valence-electron chi connectivity index (χ2n) is 4.43. The minimum Gasteiger partial charge on any atom is -0.337 e. The molecule has 0 aromatic carbocycles. The first kappa shape index (κ1) is 12.5. The summed E-state index contributed by atoms with van der Waals surface area (Å²) in [6.45, 7) is 7.50. The van der Waals surface area contributed by atoms with E-state index < -0.39 is 0 Å². The van der Waals surface area contributed by atoms with Crippen molar-refractivity contribution in [1.82, 2.24) is 14.8 Å². The summed E-state index contributed by atoms with van der Waals surface area (Å²) < 4.78 is 0. The topological polar surface area (TPSA) is 36.4 Å². The van der Waals surface area contributed by atoms with Crippen molar-refractivity contribution < 1.29 is 4.79 Å². The molecule has 1 fully saturated rings. The van der Waals surface area contributed by atoms with Crippen molar-refractivity contribution in [2.24, 2.45) is 0 Å². The fourth-order valence-electron chi connectivity index (χ4n) is 2.33. The summed E-state index contributed by atoms with van der Waals surface area (Å²) in [6.07, 6.45) is 2.90. The predicted octanol–water partition coefficient (Wildman–Crippen LogP) is 1.39. The zero-order valence-electron chi connectivity index (χ0n) is 10.3. The van der Waals surface area contributed by atoms with Gasteiger partial charge in [-0.05, 0) is 6.42 Å². The van der Waals surface area contributed by atoms with Gasteiger partial charge < -0.3 is 4.90 Å². The summed E-state index contributed by atoms with van der Waals surface area (Å²) in [7, 11) is 0. The van der Waals surface area contributed by atoms with Crippen LogP contribution < -0.4 is 0 Å². The molecule has 1 radical (unpaired) electrons. The monoisotopic (exact) mass is 252 g/mol. The van der Waals surface area contributed by atoms with Gasteiger partial charge in [-0.15, -0.1) is 11.3 Å². The number of piperazine rings is 1. The highest BCUT2D eigenvalue weighted by atomic mass is 32.1. The van der Waals surface area contributed by atoms with Gasteiger partial charge in [0, 0.05) is 50.2 Å². The van der Waals surface area contributed by atoms with Crippen LogP contribution in [0.1, 0.15) is 25.1 Å². The van der Waals surface area contributed by atoms with Gasteiger partial charge in [0.2, 0.25) is 5.91 Å². The second-order valence-corrected chi connectivity index (χ2v) is 5.34. The Hall–Kier alpha value is -0.940. The molecule has 1 aliphatic rings. The van der Waals surface area contributed by atoms with E-state index in [0.717, 1.165) is 32.6 Å². The molecule has 0 spiro atoms. The molecule has 4 nitrogen and oxygen atoms in total. The standard InChI is InChI=1S/C12H18N3OS/c1-3-11-7-14(4-5-15(11)10(2)16)8-12-6-13-9-17-12/h6,11H,3-5,7-8H2,1-2H3. The zero-order valence-corrected chi connectivity index (χ0v) is 11.2. The molecule has 1 aromatic rings. The van der Waals surface area contributed by atoms with Crippen LogP contribution in [-0.4, -0.2) is 46.4 Å². The van der Waals surface area contributed by atoms with Crippen LogP contribution in [0, 0.1) is 5.51 Å². The van der Waals surface area contributed by atoms with Crippen LogP contribution in [-0.2, 0) is 11.3 Å². The van der Waals surface area contributed by atoms with Crippen molar-refractivity contribution in [2.75, 3.05) is 19.6 Å². The number of carbonyl (C=O) groups is 1. The molecule has 2 rings (SSSR count). The minimum atomic E-state index is 0.197. The first-order chi connectivity index (χ1) is 8.20. The van der Waals surface area contributed by atoms with Crippen molar-refractivity contribution in [3.8, 4) is 0 Å². The number of hydrogen-bond acceptors (Lipinski definition) is 4. The van der Waals surface area contributed by atoms with Gasteiger partial charge in [0.15, 0.2) is 5.51 Å². The van der Waals surface area contributed by atoms with Gasteiger partial charge in [0.05, 0.1) is 0 Å². The van der Waals surface area contributed by atoms with Crippen molar-refractivity contribution in [3.63, 3.8) is 0 Å². The third-order valence-electron chi connectivity index (χ3n) is 3.26. The lowest BCUT2D eigenvalue weighted by Crippen LogP contribution is -2.53. The van der Waals surface area contributed by atoms with E-state index in [1.54, 1.807) is 18.3 Å². The normalized spacial score (nSPS) is 21.8. The Bertz CT molecular complexity index is 366. The average molecular weight is 252 g/mol. The molecule has 0 bridgehead atoms. The van der Waals surface area contributed by atoms with Gasteiger partial charge in [-0.1, -0.05) is 6.92 Å². The molecule has 1 amide bonds. The van der Waals surface area contributed by atoms with E-state index in [-0.39, 0.29) is 5.91 Å². The lowest BCUT2D eigenvalue weighted by molar-refractivity contribution is -0.133. The molecule has 17 heavy (non-hydrogen) atoms. The van der Waals surface area contributed by atoms with Crippen LogP contribution in [0.5, 0.6) is 0 Å². The smallest absolute Gasteiger partial charge is 0.219 e. The molecular formula is C12H18N3OS. The summed E-state index contributed by atoms with van der Waals surface area (Å²) >= 11 is 1.57. The fraction of sp³-hybridized carbons (Fsp3) is 0.667. The third-order valence-corrected chi connectivity index (χ3v) is 3.95. The number of hydrogen-bond donors (Lipinski definition) is 0. The molecule has 5 heteroatoms. The Labute approximate surface area is 106 Å². The Kier molecular flexibility index (Phi) is 4.12. The maximum atomic E-state index is 11.5. The number of aromatic nitrogens is 1. The average Bonchev–Trinajstić information content (AvgIpc) is 2.81. The van der Waals surface area contributed by atoms with Crippen LogP contribution >= 0.6 is 11.3 Å². The maximum absolute atomic E-state index is 11.5. The molecule has 1 aromatic heterocycles. The van der Waals surface area contributed by atoms with Gasteiger partial charge in [-0.3, -0.25) is 9.69 Å². The summed E-state index contributed by atoms with van der Waals surface area (Å²) in [5.41, 5.74) is 2.87. The van der Waals surface area contributed by atoms with Crippen molar-refractivity contribution in [3.05, 3.63) is 16.6 Å². The number of rotatable bonds is 3. The van der Waals surface area contributed by atoms with Gasteiger partial charge >= 0.3 is 0 Å². The Balaban J connectivity index is 1.94. The largest absolute Gasteiger partial charge is 0.337 e. The highest BCUT2D eigenvalue weighted by Crippen LogP contribution is 2.16. The van der Waals surface area contributed by atoms with Crippen LogP contribution in [0.15, 0.2) is 6.20 Å². The van der Waals surface area contributed by atoms with Gasteiger partial charge in [0.1, 0.15) is 0 Å². The minimum absolute atomic E-state index is 0.197. The number of carbonyl (C=O) groups excluding carboxylic acids is 1. The van der Waals surface area contributed by atoms with E-state index in [4.69, 9.17) is 0 Å². The SMILES string of the molecule is CCC1CN(Cc2cn[c]s2)CCN1C(C)=O. The number of amides is 1. The Morgan fingerprint density at radius 3 is 3.06 bits per heavy atom. The zero-order chi connectivity index (χ0) is 12.3. The molecule has 93 valence electrons. The highest BCUT2D eigenvalue weighted by Gasteiger charge is 2.27. The first-order valence-electron chi connectivity index (χ1n) is 6.01. The van der Waals surface area contributed by atoms with Gasteiger partial charge in [0.25, 0.3) is 0 Å². The molecule has 1 unspecified atom stereocenters. The lowest BCUT2D eigenvalue weighted by Gasteiger charge is -2.40. The molecule has 1 aliphatic heterocycles. The van der Waals surface area contributed by atoms with Crippen molar-refractivity contribution >= 4 is 17.2 Å². The summed E-state index contributed by atoms with van der Waals surface area (Å²) in [5.74, 6) is 0.197. The molecule has 1 atom stereocenters. The van der Waals surface area contributed by atoms with Gasteiger partial charge in [-0.2, -0.15) is 0 Å². The van der Waals surface area contributed by atoms with E-state index >= 15 is 0 Å². The third kappa shape index (κ3) is 3.04. The van der Waals surface area contributed by atoms with Crippen LogP contribution in [0.2, 0.25) is 0 Å². The quantitative estimate of drug-likeness (QED) is 0.815. The lowest BCUT2D eigenvalue weighted by atomic mass is 10.1. The van der Waals surface area contributed by atoms with Crippen molar-refractivity contribution in [1.29, 1.82) is 0 Å². The van der Waals surface area contributed by atoms with Crippen LogP contribution in [0.25, 0.3) is 0 Å². The van der Waals surface area contributed by atoms with Crippen LogP contribution in [0.3, 0.4) is 0 Å². The fourth-order valence-corrected chi connectivity index (χ4v) is 2.91. The van der Waals surface area contributed by atoms with Crippen LogP contribution in [0.4, 0.5) is 0 Å². The predicted molar refractivity (Wildman–Crippen MR) is 67.7 cm³/mol. The van der Waals surface area contributed by atoms with E-state index in [9.17, 15) is 4.79 Å². The molecule has 0 N–H and O–H groups in total. The van der Waals surface area contributed by atoms with E-state index in [1.807, 2.05) is 11.1 Å². The molecule has 0 aliphatic carbocycles. The molecular weight excluding hydrogens is 234 g/mol. The second kappa shape index (κ2) is 5.60. The first-order valence-corrected chi connectivity index (χ1v) is 6.82. The number of thiazole rings is 1. The van der Waals surface area contributed by atoms with E-state index in [2.05, 4.69) is 22.3 Å². The highest BCUT2D eigenvalue weighted by molar-refractivity contribution is 7.09. The summed E-state index contributed by atoms with van der Waals surface area (Å²) in [6, 6.07) is 0.359. The maximum Gasteiger partial charge on any atom is 0.219 e. The van der Waals surface area contributed by atoms with Crippen molar-refractivity contribution in [2.45, 2.75) is 32.9 Å². The Morgan fingerprint density at radius 2 is 2.47 bits per heavy atom. The Morgan fingerprint density at radius 1 is 1.65 bits per heavy atom. The summed E-state index contributed by atoms with van der Waals surface area (Å²) in [4.78, 5) is 21.1. The molecule has 1 saturated heterocycles. The molecule has 2 heterocycles. The molecule has 0 saturated carbocycles. The van der Waals surface area contributed by atoms with Gasteiger partial charge in [-0.25, -0.2) is 4.98 Å². The number of nitrogens with zero attached hydrogens (tertiary/aromatic N) is 3. The van der Waals surface area contributed by atoms with E-state index in [1.165, 1.54) is 4.88 Å². The summed E-state index contributed by atoms with van der Waals surface area (Å²) in [5, 5.41) is 0. The van der Waals surface area contributed by atoms with E-state index in [0.29, 0.717) is 6.04 Å².